The van der Waals surface area contributed by atoms with Crippen molar-refractivity contribution in [1.82, 2.24) is 0 Å². The Hall–Kier alpha value is -1.48. The number of ether oxygens (including phenoxy) is 3. The van der Waals surface area contributed by atoms with Crippen LogP contribution in [0.2, 0.25) is 0 Å². The van der Waals surface area contributed by atoms with Gasteiger partial charge in [0, 0.05) is 18.7 Å². The van der Waals surface area contributed by atoms with Gasteiger partial charge in [0.2, 0.25) is 0 Å². The van der Waals surface area contributed by atoms with Crippen LogP contribution in [-0.4, -0.2) is 27.4 Å². The normalized spacial score (nSPS) is 9.73. The number of hydrogen-bond donors (Lipinski definition) is 0. The molecular formula is C12H16O3. The Labute approximate surface area is 90.3 Å². The predicted octanol–water partition coefficient (Wildman–Crippen LogP) is 2.36. The lowest BCUT2D eigenvalue weighted by Crippen LogP contribution is -2.05. The largest absolute Gasteiger partial charge is 0.497 e. The molecule has 0 aliphatic carbocycles. The highest BCUT2D eigenvalue weighted by Gasteiger charge is 2.02. The molecule has 0 atom stereocenters. The maximum Gasteiger partial charge on any atom is 0.130 e. The predicted molar refractivity (Wildman–Crippen MR) is 60.5 cm³/mol. The standard InChI is InChI=1S/C12H16O3/c1-4-10-5-6-11(14-3)9-12(10)15-8-7-13-2/h4-6,9H,1,7-8H2,2-3H3. The van der Waals surface area contributed by atoms with E-state index in [9.17, 15) is 0 Å². The number of rotatable bonds is 6. The van der Waals surface area contributed by atoms with E-state index >= 15 is 0 Å². The first-order chi connectivity index (χ1) is 7.31. The van der Waals surface area contributed by atoms with Crippen molar-refractivity contribution in [3.05, 3.63) is 30.3 Å². The van der Waals surface area contributed by atoms with Gasteiger partial charge < -0.3 is 14.2 Å². The van der Waals surface area contributed by atoms with Gasteiger partial charge in [-0.05, 0) is 12.1 Å². The average molecular weight is 208 g/mol. The molecule has 0 amide bonds. The minimum Gasteiger partial charge on any atom is -0.497 e. The van der Waals surface area contributed by atoms with Gasteiger partial charge >= 0.3 is 0 Å². The van der Waals surface area contributed by atoms with E-state index in [0.29, 0.717) is 13.2 Å². The van der Waals surface area contributed by atoms with Crippen LogP contribution in [0.4, 0.5) is 0 Å². The second-order valence-corrected chi connectivity index (χ2v) is 2.95. The highest BCUT2D eigenvalue weighted by molar-refractivity contribution is 5.57. The molecule has 3 nitrogen and oxygen atoms in total. The fraction of sp³-hybridized carbons (Fsp3) is 0.333. The Kier molecular flexibility index (Phi) is 4.71. The highest BCUT2D eigenvalue weighted by Crippen LogP contribution is 2.25. The van der Waals surface area contributed by atoms with E-state index in [1.54, 1.807) is 20.3 Å². The van der Waals surface area contributed by atoms with E-state index in [0.717, 1.165) is 17.1 Å². The molecular weight excluding hydrogens is 192 g/mol. The van der Waals surface area contributed by atoms with Gasteiger partial charge in [0.15, 0.2) is 0 Å². The van der Waals surface area contributed by atoms with Crippen LogP contribution in [0.5, 0.6) is 11.5 Å². The van der Waals surface area contributed by atoms with Crippen LogP contribution in [0, 0.1) is 0 Å². The van der Waals surface area contributed by atoms with Crippen LogP contribution < -0.4 is 9.47 Å². The van der Waals surface area contributed by atoms with Crippen molar-refractivity contribution >= 4 is 6.08 Å². The molecule has 0 saturated heterocycles. The van der Waals surface area contributed by atoms with Gasteiger partial charge in [-0.1, -0.05) is 12.7 Å². The second-order valence-electron chi connectivity index (χ2n) is 2.95. The highest BCUT2D eigenvalue weighted by atomic mass is 16.5. The summed E-state index contributed by atoms with van der Waals surface area (Å²) in [7, 11) is 3.27. The van der Waals surface area contributed by atoms with Gasteiger partial charge in [-0.15, -0.1) is 0 Å². The minimum absolute atomic E-state index is 0.518. The van der Waals surface area contributed by atoms with E-state index in [2.05, 4.69) is 6.58 Å². The van der Waals surface area contributed by atoms with Crippen LogP contribution in [-0.2, 0) is 4.74 Å². The van der Waals surface area contributed by atoms with E-state index in [1.807, 2.05) is 18.2 Å². The first kappa shape index (κ1) is 11.6. The fourth-order valence-electron chi connectivity index (χ4n) is 1.17. The van der Waals surface area contributed by atoms with E-state index in [4.69, 9.17) is 14.2 Å². The van der Waals surface area contributed by atoms with Gasteiger partial charge in [0.05, 0.1) is 13.7 Å². The molecule has 1 aromatic carbocycles. The number of hydrogen-bond acceptors (Lipinski definition) is 3. The Balaban J connectivity index is 2.76. The van der Waals surface area contributed by atoms with Gasteiger partial charge in [-0.3, -0.25) is 0 Å². The lowest BCUT2D eigenvalue weighted by molar-refractivity contribution is 0.146. The zero-order valence-corrected chi connectivity index (χ0v) is 9.16. The molecule has 0 aromatic heterocycles. The van der Waals surface area contributed by atoms with Gasteiger partial charge in [-0.2, -0.15) is 0 Å². The van der Waals surface area contributed by atoms with Gasteiger partial charge in [-0.25, -0.2) is 0 Å². The summed E-state index contributed by atoms with van der Waals surface area (Å²) >= 11 is 0. The zero-order valence-electron chi connectivity index (χ0n) is 9.16. The summed E-state index contributed by atoms with van der Waals surface area (Å²) in [5, 5.41) is 0. The van der Waals surface area contributed by atoms with E-state index < -0.39 is 0 Å². The summed E-state index contributed by atoms with van der Waals surface area (Å²) in [6, 6.07) is 5.63. The summed E-state index contributed by atoms with van der Waals surface area (Å²) in [6.45, 7) is 4.80. The first-order valence-corrected chi connectivity index (χ1v) is 4.74. The maximum atomic E-state index is 5.53. The zero-order chi connectivity index (χ0) is 11.1. The van der Waals surface area contributed by atoms with Crippen molar-refractivity contribution in [2.24, 2.45) is 0 Å². The molecule has 82 valence electrons. The molecule has 0 aliphatic heterocycles. The van der Waals surface area contributed by atoms with E-state index in [-0.39, 0.29) is 0 Å². The molecule has 1 aromatic rings. The molecule has 15 heavy (non-hydrogen) atoms. The Morgan fingerprint density at radius 2 is 2.07 bits per heavy atom. The van der Waals surface area contributed by atoms with E-state index in [1.165, 1.54) is 0 Å². The van der Waals surface area contributed by atoms with Crippen molar-refractivity contribution in [2.75, 3.05) is 27.4 Å². The third-order valence-electron chi connectivity index (χ3n) is 1.99. The molecule has 0 heterocycles. The maximum absolute atomic E-state index is 5.53. The molecule has 0 aliphatic rings. The first-order valence-electron chi connectivity index (χ1n) is 4.74. The molecule has 0 radical (unpaired) electrons. The summed E-state index contributed by atoms with van der Waals surface area (Å²) in [5.74, 6) is 1.54. The molecule has 0 N–H and O–H groups in total. The fourth-order valence-corrected chi connectivity index (χ4v) is 1.17. The Morgan fingerprint density at radius 1 is 1.27 bits per heavy atom. The lowest BCUT2D eigenvalue weighted by Gasteiger charge is -2.10. The second kappa shape index (κ2) is 6.09. The summed E-state index contributed by atoms with van der Waals surface area (Å²) in [5.41, 5.74) is 0.951. The summed E-state index contributed by atoms with van der Waals surface area (Å²) in [6.07, 6.45) is 1.75. The molecule has 3 heteroatoms. The number of methoxy groups -OCH3 is 2. The van der Waals surface area contributed by atoms with Crippen molar-refractivity contribution in [1.29, 1.82) is 0 Å². The Morgan fingerprint density at radius 3 is 2.67 bits per heavy atom. The molecule has 0 saturated carbocycles. The van der Waals surface area contributed by atoms with Crippen LogP contribution >= 0.6 is 0 Å². The molecule has 0 bridgehead atoms. The van der Waals surface area contributed by atoms with Crippen molar-refractivity contribution in [2.45, 2.75) is 0 Å². The third kappa shape index (κ3) is 3.29. The lowest BCUT2D eigenvalue weighted by atomic mass is 10.2. The molecule has 0 fully saturated rings. The minimum atomic E-state index is 0.518. The van der Waals surface area contributed by atoms with Crippen molar-refractivity contribution < 1.29 is 14.2 Å². The van der Waals surface area contributed by atoms with Gasteiger partial charge in [0.25, 0.3) is 0 Å². The molecule has 1 rings (SSSR count). The summed E-state index contributed by atoms with van der Waals surface area (Å²) in [4.78, 5) is 0. The SMILES string of the molecule is C=Cc1ccc(OC)cc1OCCOC. The molecule has 0 spiro atoms. The van der Waals surface area contributed by atoms with Crippen molar-refractivity contribution in [3.63, 3.8) is 0 Å². The van der Waals surface area contributed by atoms with Crippen LogP contribution in [0.25, 0.3) is 6.08 Å². The van der Waals surface area contributed by atoms with Crippen molar-refractivity contribution in [3.8, 4) is 11.5 Å². The topological polar surface area (TPSA) is 27.7 Å². The average Bonchev–Trinajstić information content (AvgIpc) is 2.29. The number of benzene rings is 1. The van der Waals surface area contributed by atoms with Crippen LogP contribution in [0.3, 0.4) is 0 Å². The summed E-state index contributed by atoms with van der Waals surface area (Å²) < 4.78 is 15.6. The Bertz CT molecular complexity index is 321. The quantitative estimate of drug-likeness (QED) is 0.672. The van der Waals surface area contributed by atoms with Gasteiger partial charge in [0.1, 0.15) is 18.1 Å². The van der Waals surface area contributed by atoms with Crippen LogP contribution in [0.1, 0.15) is 5.56 Å². The molecule has 0 unspecified atom stereocenters. The third-order valence-corrected chi connectivity index (χ3v) is 1.99. The van der Waals surface area contributed by atoms with Crippen LogP contribution in [0.15, 0.2) is 24.8 Å². The smallest absolute Gasteiger partial charge is 0.130 e. The monoisotopic (exact) mass is 208 g/mol.